The molecule has 0 bridgehead atoms. The zero-order valence-electron chi connectivity index (χ0n) is 10.4. The molecular formula is C14H12N2O4. The molecule has 0 fully saturated rings. The summed E-state index contributed by atoms with van der Waals surface area (Å²) in [5, 5.41) is 29.6. The average molecular weight is 272 g/mol. The van der Waals surface area contributed by atoms with Crippen molar-refractivity contribution in [3.63, 3.8) is 0 Å². The molecule has 0 saturated carbocycles. The van der Waals surface area contributed by atoms with Gasteiger partial charge in [0.15, 0.2) is 0 Å². The highest BCUT2D eigenvalue weighted by Gasteiger charge is 2.19. The van der Waals surface area contributed by atoms with Crippen molar-refractivity contribution in [2.24, 2.45) is 0 Å². The quantitative estimate of drug-likeness (QED) is 0.577. The number of carboxylic acids is 1. The zero-order chi connectivity index (χ0) is 14.3. The fourth-order valence-corrected chi connectivity index (χ4v) is 2.31. The normalized spacial score (nSPS) is 12.9. The molecule has 20 heavy (non-hydrogen) atoms. The van der Waals surface area contributed by atoms with Crippen LogP contribution in [0.5, 0.6) is 0 Å². The van der Waals surface area contributed by atoms with Gasteiger partial charge in [0.25, 0.3) is 0 Å². The van der Waals surface area contributed by atoms with E-state index in [0.717, 1.165) is 10.9 Å². The Morgan fingerprint density at radius 1 is 1.30 bits per heavy atom. The Balaban J connectivity index is 2.43. The minimum absolute atomic E-state index is 0.138. The van der Waals surface area contributed by atoms with E-state index < -0.39 is 18.7 Å². The summed E-state index contributed by atoms with van der Waals surface area (Å²) in [4.78, 5) is 18.2. The number of aromatic carboxylic acids is 1. The number of H-pyrrole nitrogens is 1. The van der Waals surface area contributed by atoms with Crippen molar-refractivity contribution in [1.29, 1.82) is 0 Å². The lowest BCUT2D eigenvalue weighted by atomic mass is 10.1. The molecule has 3 aromatic rings. The second-order valence-electron chi connectivity index (χ2n) is 4.49. The van der Waals surface area contributed by atoms with Crippen LogP contribution in [0.15, 0.2) is 30.3 Å². The molecule has 1 atom stereocenters. The number of carboxylic acid groups (broad SMARTS) is 1. The van der Waals surface area contributed by atoms with Crippen molar-refractivity contribution in [2.45, 2.75) is 6.10 Å². The van der Waals surface area contributed by atoms with Crippen LogP contribution in [0.25, 0.3) is 21.8 Å². The number of nitrogens with zero attached hydrogens (tertiary/aromatic N) is 1. The number of nitrogens with one attached hydrogen (secondary N) is 1. The number of rotatable bonds is 3. The van der Waals surface area contributed by atoms with E-state index in [-0.39, 0.29) is 11.4 Å². The molecular weight excluding hydrogens is 260 g/mol. The number of aromatic nitrogens is 2. The van der Waals surface area contributed by atoms with Crippen molar-refractivity contribution in [3.05, 3.63) is 41.7 Å². The lowest BCUT2D eigenvalue weighted by Crippen LogP contribution is -2.10. The molecule has 6 heteroatoms. The Labute approximate surface area is 113 Å². The molecule has 0 unspecified atom stereocenters. The molecule has 0 aliphatic heterocycles. The summed E-state index contributed by atoms with van der Waals surface area (Å²) >= 11 is 0. The van der Waals surface area contributed by atoms with Crippen LogP contribution in [0.3, 0.4) is 0 Å². The molecule has 4 N–H and O–H groups in total. The lowest BCUT2D eigenvalue weighted by Gasteiger charge is -2.09. The number of aliphatic hydroxyl groups is 2. The monoisotopic (exact) mass is 272 g/mol. The summed E-state index contributed by atoms with van der Waals surface area (Å²) in [6, 6.07) is 8.87. The first-order valence-corrected chi connectivity index (χ1v) is 6.05. The van der Waals surface area contributed by atoms with Crippen molar-refractivity contribution in [3.8, 4) is 0 Å². The summed E-state index contributed by atoms with van der Waals surface area (Å²) in [5.74, 6) is -1.18. The average Bonchev–Trinajstić information content (AvgIpc) is 2.84. The molecule has 0 spiro atoms. The number of pyridine rings is 1. The van der Waals surface area contributed by atoms with E-state index in [1.807, 2.05) is 24.3 Å². The number of aliphatic hydroxyl groups excluding tert-OH is 2. The molecule has 0 aliphatic carbocycles. The Bertz CT molecular complexity index is 809. The van der Waals surface area contributed by atoms with Crippen LogP contribution in [0.2, 0.25) is 0 Å². The predicted molar refractivity (Wildman–Crippen MR) is 72.6 cm³/mol. The summed E-state index contributed by atoms with van der Waals surface area (Å²) < 4.78 is 0. The van der Waals surface area contributed by atoms with E-state index in [1.54, 1.807) is 0 Å². The molecule has 0 saturated heterocycles. The van der Waals surface area contributed by atoms with E-state index >= 15 is 0 Å². The molecule has 6 nitrogen and oxygen atoms in total. The van der Waals surface area contributed by atoms with Crippen LogP contribution in [0.1, 0.15) is 22.3 Å². The van der Waals surface area contributed by atoms with Gasteiger partial charge in [-0.25, -0.2) is 9.78 Å². The highest BCUT2D eigenvalue weighted by molar-refractivity contribution is 6.09. The number of benzene rings is 1. The maximum Gasteiger partial charge on any atom is 0.354 e. The van der Waals surface area contributed by atoms with E-state index in [9.17, 15) is 9.90 Å². The smallest absolute Gasteiger partial charge is 0.354 e. The first-order chi connectivity index (χ1) is 9.61. The van der Waals surface area contributed by atoms with Gasteiger partial charge in [0, 0.05) is 16.3 Å². The Morgan fingerprint density at radius 2 is 2.05 bits per heavy atom. The first kappa shape index (κ1) is 12.6. The highest BCUT2D eigenvalue weighted by atomic mass is 16.4. The molecule has 3 rings (SSSR count). The number of carbonyl (C=O) groups is 1. The predicted octanol–water partition coefficient (Wildman–Crippen LogP) is 1.44. The third-order valence-corrected chi connectivity index (χ3v) is 3.23. The Hall–Kier alpha value is -2.44. The molecule has 2 aromatic heterocycles. The van der Waals surface area contributed by atoms with Crippen molar-refractivity contribution >= 4 is 27.8 Å². The first-order valence-electron chi connectivity index (χ1n) is 6.05. The second kappa shape index (κ2) is 4.59. The fraction of sp³-hybridized carbons (Fsp3) is 0.143. The fourth-order valence-electron chi connectivity index (χ4n) is 2.31. The van der Waals surface area contributed by atoms with E-state index in [4.69, 9.17) is 10.2 Å². The van der Waals surface area contributed by atoms with Crippen LogP contribution in [-0.2, 0) is 0 Å². The summed E-state index contributed by atoms with van der Waals surface area (Å²) in [6.45, 7) is -0.527. The van der Waals surface area contributed by atoms with Crippen LogP contribution in [0.4, 0.5) is 0 Å². The molecule has 1 aromatic carbocycles. The van der Waals surface area contributed by atoms with Gasteiger partial charge in [-0.2, -0.15) is 0 Å². The van der Waals surface area contributed by atoms with Gasteiger partial charge in [0.05, 0.1) is 17.8 Å². The number of para-hydroxylation sites is 1. The maximum absolute atomic E-state index is 11.1. The van der Waals surface area contributed by atoms with Crippen LogP contribution >= 0.6 is 0 Å². The SMILES string of the molecule is O=C(O)c1cc2c([nH]c3ccccc32)c([C@@H](O)CO)n1. The van der Waals surface area contributed by atoms with Crippen LogP contribution in [0, 0.1) is 0 Å². The maximum atomic E-state index is 11.1. The number of fused-ring (bicyclic) bond motifs is 3. The number of hydrogen-bond acceptors (Lipinski definition) is 4. The molecule has 0 amide bonds. The van der Waals surface area contributed by atoms with E-state index in [1.165, 1.54) is 6.07 Å². The molecule has 2 heterocycles. The van der Waals surface area contributed by atoms with Gasteiger partial charge in [-0.3, -0.25) is 0 Å². The van der Waals surface area contributed by atoms with Crippen molar-refractivity contribution in [2.75, 3.05) is 6.61 Å². The van der Waals surface area contributed by atoms with Gasteiger partial charge in [-0.1, -0.05) is 18.2 Å². The molecule has 102 valence electrons. The lowest BCUT2D eigenvalue weighted by molar-refractivity contribution is 0.0686. The second-order valence-corrected chi connectivity index (χ2v) is 4.49. The van der Waals surface area contributed by atoms with Crippen LogP contribution in [-0.4, -0.2) is 37.9 Å². The highest BCUT2D eigenvalue weighted by Crippen LogP contribution is 2.30. The summed E-state index contributed by atoms with van der Waals surface area (Å²) in [5.41, 5.74) is 1.33. The summed E-state index contributed by atoms with van der Waals surface area (Å²) in [6.07, 6.45) is -1.23. The third-order valence-electron chi connectivity index (χ3n) is 3.23. The summed E-state index contributed by atoms with van der Waals surface area (Å²) in [7, 11) is 0. The minimum Gasteiger partial charge on any atom is -0.477 e. The van der Waals surface area contributed by atoms with Crippen LogP contribution < -0.4 is 0 Å². The zero-order valence-corrected chi connectivity index (χ0v) is 10.4. The third kappa shape index (κ3) is 1.82. The van der Waals surface area contributed by atoms with E-state index in [2.05, 4.69) is 9.97 Å². The number of hydrogen-bond donors (Lipinski definition) is 4. The molecule has 0 aliphatic rings. The molecule has 0 radical (unpaired) electrons. The van der Waals surface area contributed by atoms with Gasteiger partial charge in [0.1, 0.15) is 11.8 Å². The van der Waals surface area contributed by atoms with Crippen molar-refractivity contribution in [1.82, 2.24) is 9.97 Å². The standard InChI is InChI=1S/C14H12N2O4/c17-6-11(18)13-12-8(5-10(16-13)14(19)20)7-3-1-2-4-9(7)15-12/h1-5,11,15,17-18H,6H2,(H,19,20)/t11-/m0/s1. The van der Waals surface area contributed by atoms with Gasteiger partial charge < -0.3 is 20.3 Å². The van der Waals surface area contributed by atoms with Gasteiger partial charge in [0.2, 0.25) is 0 Å². The van der Waals surface area contributed by atoms with E-state index in [0.29, 0.717) is 10.9 Å². The van der Waals surface area contributed by atoms with Crippen molar-refractivity contribution < 1.29 is 20.1 Å². The van der Waals surface area contributed by atoms with Gasteiger partial charge in [-0.05, 0) is 12.1 Å². The van der Waals surface area contributed by atoms with Gasteiger partial charge in [-0.15, -0.1) is 0 Å². The van der Waals surface area contributed by atoms with Gasteiger partial charge >= 0.3 is 5.97 Å². The number of aromatic amines is 1. The Kier molecular flexibility index (Phi) is 2.89. The largest absolute Gasteiger partial charge is 0.477 e. The topological polar surface area (TPSA) is 106 Å². The Morgan fingerprint density at radius 3 is 2.75 bits per heavy atom. The minimum atomic E-state index is -1.23.